The first kappa shape index (κ1) is 23.4. The van der Waals surface area contributed by atoms with Gasteiger partial charge in [-0.1, -0.05) is 18.6 Å². The van der Waals surface area contributed by atoms with Gasteiger partial charge in [0.25, 0.3) is 12.0 Å². The Morgan fingerprint density at radius 3 is 2.41 bits per heavy atom. The van der Waals surface area contributed by atoms with Crippen LogP contribution in [0.2, 0.25) is 0 Å². The first-order chi connectivity index (χ1) is 15.4. The summed E-state index contributed by atoms with van der Waals surface area (Å²) in [7, 11) is 0. The maximum Gasteiger partial charge on any atom is 0.290 e. The smallest absolute Gasteiger partial charge is 0.290 e. The minimum absolute atomic E-state index is 0.00542. The monoisotopic (exact) mass is 442 g/mol. The standard InChI is InChI=1S/C22H28N4O3.CH2O2/c1-15-16(2)26(21(28)17-6-5-7-17)13-12-25(15)20(27)10-11-24-14-23-19-9-4-3-8-18(19)22(24)29;2-1-3/h3-4,8-9,14-17H,5-7,10-13H2,1-2H3;1H,(H,2,3)/t15-,16+;/m0./s1. The highest BCUT2D eigenvalue weighted by Gasteiger charge is 2.39. The molecular formula is C23H30N4O5. The van der Waals surface area contributed by atoms with Crippen molar-refractivity contribution in [3.8, 4) is 0 Å². The minimum atomic E-state index is -0.250. The molecule has 32 heavy (non-hydrogen) atoms. The Morgan fingerprint density at radius 1 is 1.12 bits per heavy atom. The third kappa shape index (κ3) is 4.81. The van der Waals surface area contributed by atoms with E-state index in [1.54, 1.807) is 12.1 Å². The van der Waals surface area contributed by atoms with Gasteiger partial charge in [0.2, 0.25) is 11.8 Å². The number of hydrogen-bond donors (Lipinski definition) is 1. The Labute approximate surface area is 186 Å². The minimum Gasteiger partial charge on any atom is -0.483 e. The fourth-order valence-corrected chi connectivity index (χ4v) is 4.32. The van der Waals surface area contributed by atoms with Crippen LogP contribution in [0.5, 0.6) is 0 Å². The van der Waals surface area contributed by atoms with Crippen LogP contribution in [-0.4, -0.2) is 67.9 Å². The molecule has 2 atom stereocenters. The van der Waals surface area contributed by atoms with Crippen molar-refractivity contribution in [2.75, 3.05) is 13.1 Å². The van der Waals surface area contributed by atoms with E-state index >= 15 is 0 Å². The van der Waals surface area contributed by atoms with Gasteiger partial charge < -0.3 is 14.9 Å². The molecule has 2 heterocycles. The predicted octanol–water partition coefficient (Wildman–Crippen LogP) is 1.74. The SMILES string of the molecule is C[C@@H]1[C@H](C)N(C(=O)CCn2cnc3ccccc3c2=O)CCN1C(=O)C1CCC1.O=CO. The summed E-state index contributed by atoms with van der Waals surface area (Å²) in [6.45, 7) is 5.22. The lowest BCUT2D eigenvalue weighted by molar-refractivity contribution is -0.150. The lowest BCUT2D eigenvalue weighted by atomic mass is 9.83. The summed E-state index contributed by atoms with van der Waals surface area (Å²) in [6.07, 6.45) is 4.88. The molecule has 9 nitrogen and oxygen atoms in total. The molecule has 0 unspecified atom stereocenters. The zero-order valence-electron chi connectivity index (χ0n) is 18.5. The molecule has 0 spiro atoms. The van der Waals surface area contributed by atoms with E-state index in [1.807, 2.05) is 35.8 Å². The van der Waals surface area contributed by atoms with Gasteiger partial charge in [-0.25, -0.2) is 4.98 Å². The van der Waals surface area contributed by atoms with Gasteiger partial charge in [-0.15, -0.1) is 0 Å². The van der Waals surface area contributed by atoms with Crippen LogP contribution in [0.15, 0.2) is 35.4 Å². The van der Waals surface area contributed by atoms with Gasteiger partial charge in [0.15, 0.2) is 0 Å². The second-order valence-corrected chi connectivity index (χ2v) is 8.34. The highest BCUT2D eigenvalue weighted by molar-refractivity contribution is 5.81. The third-order valence-electron chi connectivity index (χ3n) is 6.62. The van der Waals surface area contributed by atoms with Crippen molar-refractivity contribution in [2.45, 2.75) is 58.2 Å². The lowest BCUT2D eigenvalue weighted by Crippen LogP contribution is -2.61. The van der Waals surface area contributed by atoms with E-state index in [9.17, 15) is 14.4 Å². The number of piperazine rings is 1. The highest BCUT2D eigenvalue weighted by Crippen LogP contribution is 2.30. The van der Waals surface area contributed by atoms with Crippen molar-refractivity contribution in [2.24, 2.45) is 5.92 Å². The van der Waals surface area contributed by atoms with E-state index in [2.05, 4.69) is 4.98 Å². The molecule has 1 saturated carbocycles. The van der Waals surface area contributed by atoms with Crippen LogP contribution < -0.4 is 5.56 Å². The van der Waals surface area contributed by atoms with Crippen molar-refractivity contribution >= 4 is 29.2 Å². The lowest BCUT2D eigenvalue weighted by Gasteiger charge is -2.46. The number of rotatable bonds is 4. The number of benzene rings is 1. The summed E-state index contributed by atoms with van der Waals surface area (Å²) in [5.41, 5.74) is 0.538. The largest absolute Gasteiger partial charge is 0.483 e. The van der Waals surface area contributed by atoms with Crippen LogP contribution in [0.4, 0.5) is 0 Å². The van der Waals surface area contributed by atoms with Gasteiger partial charge >= 0.3 is 0 Å². The number of hydrogen-bond acceptors (Lipinski definition) is 5. The Kier molecular flexibility index (Phi) is 7.61. The van der Waals surface area contributed by atoms with Gasteiger partial charge in [-0.3, -0.25) is 23.7 Å². The average Bonchev–Trinajstić information content (AvgIpc) is 2.74. The summed E-state index contributed by atoms with van der Waals surface area (Å²) in [5.74, 6) is 0.441. The summed E-state index contributed by atoms with van der Waals surface area (Å²) < 4.78 is 1.50. The number of carboxylic acid groups (broad SMARTS) is 1. The van der Waals surface area contributed by atoms with E-state index < -0.39 is 0 Å². The first-order valence-corrected chi connectivity index (χ1v) is 11.0. The number of amides is 2. The van der Waals surface area contributed by atoms with Crippen LogP contribution in [0.3, 0.4) is 0 Å². The molecule has 0 bridgehead atoms. The zero-order chi connectivity index (χ0) is 23.3. The van der Waals surface area contributed by atoms with E-state index in [0.29, 0.717) is 30.5 Å². The van der Waals surface area contributed by atoms with E-state index in [1.165, 1.54) is 10.9 Å². The summed E-state index contributed by atoms with van der Waals surface area (Å²) >= 11 is 0. The van der Waals surface area contributed by atoms with E-state index in [0.717, 1.165) is 19.3 Å². The molecule has 172 valence electrons. The van der Waals surface area contributed by atoms with E-state index in [-0.39, 0.29) is 48.3 Å². The molecule has 2 fully saturated rings. The fourth-order valence-electron chi connectivity index (χ4n) is 4.32. The molecule has 2 amide bonds. The summed E-state index contributed by atoms with van der Waals surface area (Å²) in [6, 6.07) is 7.19. The Hall–Kier alpha value is -3.23. The van der Waals surface area contributed by atoms with Gasteiger partial charge in [0.1, 0.15) is 0 Å². The molecule has 1 saturated heterocycles. The van der Waals surface area contributed by atoms with Crippen LogP contribution in [0.1, 0.15) is 39.5 Å². The number of aromatic nitrogens is 2. The molecule has 2 aliphatic rings. The normalized spacial score (nSPS) is 20.8. The van der Waals surface area contributed by atoms with Crippen molar-refractivity contribution in [1.82, 2.24) is 19.4 Å². The third-order valence-corrected chi connectivity index (χ3v) is 6.62. The second kappa shape index (κ2) is 10.4. The quantitative estimate of drug-likeness (QED) is 0.722. The van der Waals surface area contributed by atoms with Crippen molar-refractivity contribution in [3.05, 3.63) is 40.9 Å². The van der Waals surface area contributed by atoms with Crippen molar-refractivity contribution < 1.29 is 19.5 Å². The van der Waals surface area contributed by atoms with Crippen LogP contribution in [0, 0.1) is 5.92 Å². The number of nitrogens with zero attached hydrogens (tertiary/aromatic N) is 4. The highest BCUT2D eigenvalue weighted by atomic mass is 16.3. The molecular weight excluding hydrogens is 412 g/mol. The predicted molar refractivity (Wildman–Crippen MR) is 119 cm³/mol. The molecule has 1 aliphatic carbocycles. The summed E-state index contributed by atoms with van der Waals surface area (Å²) in [5, 5.41) is 7.45. The number of aryl methyl sites for hydroxylation is 1. The Balaban J connectivity index is 0.000000913. The second-order valence-electron chi connectivity index (χ2n) is 8.34. The topological polar surface area (TPSA) is 113 Å². The molecule has 0 radical (unpaired) electrons. The molecule has 4 rings (SSSR count). The summed E-state index contributed by atoms with van der Waals surface area (Å²) in [4.78, 5) is 54.6. The van der Waals surface area contributed by atoms with Crippen LogP contribution >= 0.6 is 0 Å². The van der Waals surface area contributed by atoms with Gasteiger partial charge in [0, 0.05) is 44.1 Å². The van der Waals surface area contributed by atoms with Gasteiger partial charge in [-0.05, 0) is 38.8 Å². The number of carbonyl (C=O) groups excluding carboxylic acids is 2. The number of fused-ring (bicyclic) bond motifs is 1. The molecule has 1 aliphatic heterocycles. The Bertz CT molecular complexity index is 1030. The maximum absolute atomic E-state index is 12.9. The van der Waals surface area contributed by atoms with Gasteiger partial charge in [0.05, 0.1) is 17.2 Å². The molecule has 1 N–H and O–H groups in total. The fraction of sp³-hybridized carbons (Fsp3) is 0.522. The van der Waals surface area contributed by atoms with Crippen molar-refractivity contribution in [3.63, 3.8) is 0 Å². The average molecular weight is 443 g/mol. The maximum atomic E-state index is 12.9. The van der Waals surface area contributed by atoms with Crippen molar-refractivity contribution in [1.29, 1.82) is 0 Å². The van der Waals surface area contributed by atoms with Crippen LogP contribution in [-0.2, 0) is 20.9 Å². The first-order valence-electron chi connectivity index (χ1n) is 11.0. The zero-order valence-corrected chi connectivity index (χ0v) is 18.5. The Morgan fingerprint density at radius 2 is 1.75 bits per heavy atom. The molecule has 2 aromatic rings. The molecule has 1 aromatic heterocycles. The number of carbonyl (C=O) groups is 3. The molecule has 1 aromatic carbocycles. The number of para-hydroxylation sites is 1. The van der Waals surface area contributed by atoms with Gasteiger partial charge in [-0.2, -0.15) is 0 Å². The van der Waals surface area contributed by atoms with Crippen LogP contribution in [0.25, 0.3) is 10.9 Å². The van der Waals surface area contributed by atoms with E-state index in [4.69, 9.17) is 9.90 Å². The molecule has 9 heteroatoms.